The van der Waals surface area contributed by atoms with Crippen LogP contribution in [-0.2, 0) is 4.74 Å². The van der Waals surface area contributed by atoms with E-state index in [0.717, 1.165) is 6.54 Å². The maximum Gasteiger partial charge on any atom is 0.0732 e. The lowest BCUT2D eigenvalue weighted by atomic mass is 9.94. The van der Waals surface area contributed by atoms with Crippen LogP contribution in [0.4, 0.5) is 0 Å². The highest BCUT2D eigenvalue weighted by Gasteiger charge is 2.27. The van der Waals surface area contributed by atoms with Crippen LogP contribution in [0, 0.1) is 0 Å². The summed E-state index contributed by atoms with van der Waals surface area (Å²) in [6.45, 7) is 3.24. The molecular weight excluding hydrogens is 210 g/mol. The van der Waals surface area contributed by atoms with Crippen molar-refractivity contribution < 1.29 is 4.74 Å². The van der Waals surface area contributed by atoms with Gasteiger partial charge in [-0.3, -0.25) is 0 Å². The van der Waals surface area contributed by atoms with Gasteiger partial charge in [0.2, 0.25) is 0 Å². The highest BCUT2D eigenvalue weighted by Crippen LogP contribution is 2.22. The molecule has 1 saturated heterocycles. The maximum absolute atomic E-state index is 6.13. The summed E-state index contributed by atoms with van der Waals surface area (Å²) in [6, 6.07) is 0.630. The first-order valence-corrected chi connectivity index (χ1v) is 7.75. The lowest BCUT2D eigenvalue weighted by Gasteiger charge is -2.37. The number of nitrogens with one attached hydrogen (secondary N) is 1. The Bertz CT molecular complexity index is 207. The summed E-state index contributed by atoms with van der Waals surface area (Å²) in [5.41, 5.74) is 0. The van der Waals surface area contributed by atoms with Crippen LogP contribution >= 0.6 is 0 Å². The Morgan fingerprint density at radius 1 is 0.824 bits per heavy atom. The summed E-state index contributed by atoms with van der Waals surface area (Å²) < 4.78 is 6.13. The molecule has 2 heteroatoms. The molecule has 1 aliphatic carbocycles. The van der Waals surface area contributed by atoms with E-state index in [1.165, 1.54) is 64.2 Å². The van der Waals surface area contributed by atoms with E-state index in [1.807, 2.05) is 0 Å². The lowest BCUT2D eigenvalue weighted by Crippen LogP contribution is -2.51. The first-order valence-electron chi connectivity index (χ1n) is 7.75. The van der Waals surface area contributed by atoms with Gasteiger partial charge in [-0.1, -0.05) is 51.4 Å². The number of fused-ring (bicyclic) bond motifs is 1. The summed E-state index contributed by atoms with van der Waals surface area (Å²) in [5, 5.41) is 3.70. The molecule has 2 rings (SSSR count). The molecule has 2 aliphatic rings. The molecule has 100 valence electrons. The molecular formula is C15H29NO. The monoisotopic (exact) mass is 239 g/mol. The van der Waals surface area contributed by atoms with Crippen molar-refractivity contribution in [2.45, 2.75) is 89.4 Å². The number of rotatable bonds is 0. The SMILES string of the molecule is CC1CNC2CCCCCCCCCCC2O1. The predicted octanol–water partition coefficient (Wildman–Crippen LogP) is 3.65. The zero-order valence-corrected chi connectivity index (χ0v) is 11.4. The van der Waals surface area contributed by atoms with E-state index in [9.17, 15) is 0 Å². The summed E-state index contributed by atoms with van der Waals surface area (Å²) in [5.74, 6) is 0. The van der Waals surface area contributed by atoms with E-state index >= 15 is 0 Å². The van der Waals surface area contributed by atoms with E-state index in [4.69, 9.17) is 4.74 Å². The minimum Gasteiger partial charge on any atom is -0.372 e. The molecule has 3 unspecified atom stereocenters. The largest absolute Gasteiger partial charge is 0.372 e. The normalized spacial score (nSPS) is 37.6. The zero-order chi connectivity index (χ0) is 11.9. The topological polar surface area (TPSA) is 21.3 Å². The van der Waals surface area contributed by atoms with E-state index in [-0.39, 0.29) is 0 Å². The number of ether oxygens (including phenoxy) is 1. The average Bonchev–Trinajstić information content (AvgIpc) is 2.31. The van der Waals surface area contributed by atoms with Gasteiger partial charge in [0, 0.05) is 12.6 Å². The molecule has 2 nitrogen and oxygen atoms in total. The quantitative estimate of drug-likeness (QED) is 0.697. The molecule has 0 amide bonds. The molecule has 1 N–H and O–H groups in total. The average molecular weight is 239 g/mol. The number of hydrogen-bond donors (Lipinski definition) is 1. The molecule has 2 fully saturated rings. The van der Waals surface area contributed by atoms with Crippen LogP contribution in [-0.4, -0.2) is 24.8 Å². The summed E-state index contributed by atoms with van der Waals surface area (Å²) in [7, 11) is 0. The number of morpholine rings is 1. The molecule has 0 spiro atoms. The molecule has 0 aromatic carbocycles. The lowest BCUT2D eigenvalue weighted by molar-refractivity contribution is -0.0606. The van der Waals surface area contributed by atoms with Crippen LogP contribution in [0.2, 0.25) is 0 Å². The van der Waals surface area contributed by atoms with Gasteiger partial charge in [0.25, 0.3) is 0 Å². The third-order valence-electron chi connectivity index (χ3n) is 4.28. The van der Waals surface area contributed by atoms with Crippen LogP contribution in [0.15, 0.2) is 0 Å². The van der Waals surface area contributed by atoms with E-state index in [2.05, 4.69) is 12.2 Å². The van der Waals surface area contributed by atoms with Gasteiger partial charge in [-0.2, -0.15) is 0 Å². The molecule has 1 aliphatic heterocycles. The van der Waals surface area contributed by atoms with E-state index in [1.54, 1.807) is 0 Å². The molecule has 17 heavy (non-hydrogen) atoms. The third kappa shape index (κ3) is 4.59. The standard InChI is InChI=1S/C15H29NO/c1-13-12-16-14-10-8-6-4-2-3-5-7-9-11-15(14)17-13/h13-16H,2-12H2,1H3. The minimum atomic E-state index is 0.407. The molecule has 3 atom stereocenters. The fraction of sp³-hybridized carbons (Fsp3) is 1.00. The molecule has 0 aromatic rings. The van der Waals surface area contributed by atoms with Crippen molar-refractivity contribution in [3.63, 3.8) is 0 Å². The Morgan fingerprint density at radius 2 is 1.41 bits per heavy atom. The van der Waals surface area contributed by atoms with Crippen LogP contribution in [0.1, 0.15) is 71.1 Å². The predicted molar refractivity (Wildman–Crippen MR) is 72.3 cm³/mol. The van der Waals surface area contributed by atoms with Crippen molar-refractivity contribution in [3.8, 4) is 0 Å². The van der Waals surface area contributed by atoms with Gasteiger partial charge in [0.05, 0.1) is 12.2 Å². The van der Waals surface area contributed by atoms with E-state index < -0.39 is 0 Å². The van der Waals surface area contributed by atoms with Crippen molar-refractivity contribution in [2.24, 2.45) is 0 Å². The molecule has 0 aromatic heterocycles. The van der Waals surface area contributed by atoms with Crippen molar-refractivity contribution in [2.75, 3.05) is 6.54 Å². The van der Waals surface area contributed by atoms with Gasteiger partial charge in [-0.15, -0.1) is 0 Å². The van der Waals surface area contributed by atoms with Gasteiger partial charge < -0.3 is 10.1 Å². The Morgan fingerprint density at radius 3 is 2.12 bits per heavy atom. The highest BCUT2D eigenvalue weighted by atomic mass is 16.5. The second-order valence-electron chi connectivity index (χ2n) is 5.91. The summed E-state index contributed by atoms with van der Waals surface area (Å²) in [6.07, 6.45) is 14.8. The van der Waals surface area contributed by atoms with Crippen molar-refractivity contribution in [1.29, 1.82) is 0 Å². The van der Waals surface area contributed by atoms with Gasteiger partial charge in [0.15, 0.2) is 0 Å². The third-order valence-corrected chi connectivity index (χ3v) is 4.28. The minimum absolute atomic E-state index is 0.407. The Balaban J connectivity index is 1.83. The molecule has 1 saturated carbocycles. The summed E-state index contributed by atoms with van der Waals surface area (Å²) >= 11 is 0. The Labute approximate surface area is 107 Å². The summed E-state index contributed by atoms with van der Waals surface area (Å²) in [4.78, 5) is 0. The fourth-order valence-corrected chi connectivity index (χ4v) is 3.22. The van der Waals surface area contributed by atoms with Crippen LogP contribution < -0.4 is 5.32 Å². The van der Waals surface area contributed by atoms with E-state index in [0.29, 0.717) is 18.2 Å². The van der Waals surface area contributed by atoms with Crippen LogP contribution in [0.3, 0.4) is 0 Å². The van der Waals surface area contributed by atoms with Crippen LogP contribution in [0.5, 0.6) is 0 Å². The Kier molecular flexibility index (Phi) is 5.79. The number of hydrogen-bond acceptors (Lipinski definition) is 2. The van der Waals surface area contributed by atoms with Gasteiger partial charge in [-0.25, -0.2) is 0 Å². The van der Waals surface area contributed by atoms with Crippen molar-refractivity contribution in [3.05, 3.63) is 0 Å². The first kappa shape index (κ1) is 13.4. The molecule has 0 bridgehead atoms. The van der Waals surface area contributed by atoms with Crippen molar-refractivity contribution >= 4 is 0 Å². The second-order valence-corrected chi connectivity index (χ2v) is 5.91. The Hall–Kier alpha value is -0.0800. The maximum atomic E-state index is 6.13. The fourth-order valence-electron chi connectivity index (χ4n) is 3.22. The molecule has 0 radical (unpaired) electrons. The second kappa shape index (κ2) is 7.38. The zero-order valence-electron chi connectivity index (χ0n) is 11.4. The smallest absolute Gasteiger partial charge is 0.0732 e. The van der Waals surface area contributed by atoms with Crippen LogP contribution in [0.25, 0.3) is 0 Å². The van der Waals surface area contributed by atoms with Gasteiger partial charge >= 0.3 is 0 Å². The first-order chi connectivity index (χ1) is 8.36. The molecule has 1 heterocycles. The van der Waals surface area contributed by atoms with Crippen molar-refractivity contribution in [1.82, 2.24) is 5.32 Å². The van der Waals surface area contributed by atoms with Gasteiger partial charge in [-0.05, 0) is 19.8 Å². The highest BCUT2D eigenvalue weighted by molar-refractivity contribution is 4.83. The van der Waals surface area contributed by atoms with Gasteiger partial charge in [0.1, 0.15) is 0 Å².